The third-order valence-electron chi connectivity index (χ3n) is 6.53. The van der Waals surface area contributed by atoms with Gasteiger partial charge in [-0.1, -0.05) is 42.5 Å². The largest absolute Gasteiger partial charge is 0.489 e. The highest BCUT2D eigenvalue weighted by Gasteiger charge is 2.35. The first-order valence-corrected chi connectivity index (χ1v) is 11.4. The molecule has 2 atom stereocenters. The molecule has 2 aromatic rings. The van der Waals surface area contributed by atoms with Crippen molar-refractivity contribution in [1.29, 1.82) is 0 Å². The number of benzene rings is 2. The third-order valence-corrected chi connectivity index (χ3v) is 6.53. The van der Waals surface area contributed by atoms with Gasteiger partial charge < -0.3 is 14.4 Å². The van der Waals surface area contributed by atoms with Gasteiger partial charge in [0.05, 0.1) is 18.3 Å². The fraction of sp³-hybridized carbons (Fsp3) is 0.440. The molecule has 3 heterocycles. The quantitative estimate of drug-likeness (QED) is 0.739. The monoisotopic (exact) mass is 435 g/mol. The molecule has 7 heteroatoms. The second kappa shape index (κ2) is 9.30. The molecular formula is C25H29N3O4. The van der Waals surface area contributed by atoms with E-state index in [1.54, 1.807) is 0 Å². The molecule has 32 heavy (non-hydrogen) atoms. The number of carbonyl (C=O) groups is 2. The van der Waals surface area contributed by atoms with Crippen molar-refractivity contribution in [1.82, 2.24) is 9.80 Å². The second-order valence-corrected chi connectivity index (χ2v) is 8.57. The third kappa shape index (κ3) is 4.23. The number of anilines is 1. The van der Waals surface area contributed by atoms with E-state index in [4.69, 9.17) is 9.47 Å². The van der Waals surface area contributed by atoms with E-state index in [1.807, 2.05) is 64.4 Å². The molecule has 0 aromatic heterocycles. The highest BCUT2D eigenvalue weighted by atomic mass is 16.5. The van der Waals surface area contributed by atoms with Gasteiger partial charge in [0.1, 0.15) is 18.5 Å². The van der Waals surface area contributed by atoms with Crippen molar-refractivity contribution in [2.45, 2.75) is 25.0 Å². The van der Waals surface area contributed by atoms with E-state index in [0.29, 0.717) is 45.9 Å². The number of amides is 2. The van der Waals surface area contributed by atoms with Crippen molar-refractivity contribution < 1.29 is 19.1 Å². The molecule has 0 N–H and O–H groups in total. The molecule has 0 radical (unpaired) electrons. The molecule has 2 aromatic carbocycles. The van der Waals surface area contributed by atoms with Gasteiger partial charge in [-0.2, -0.15) is 0 Å². The Morgan fingerprint density at radius 2 is 1.69 bits per heavy atom. The van der Waals surface area contributed by atoms with Crippen LogP contribution in [0.25, 0.3) is 0 Å². The van der Waals surface area contributed by atoms with E-state index in [2.05, 4.69) is 4.90 Å². The SMILES string of the molecule is O=C([C@H]1CCCO1)N1CCN(CC(=O)N2c3ccccc3OC[C@@H]2c2ccccc2)CC1. The summed E-state index contributed by atoms with van der Waals surface area (Å²) in [6.45, 7) is 4.06. The number of ether oxygens (including phenoxy) is 2. The number of nitrogens with zero attached hydrogens (tertiary/aromatic N) is 3. The molecule has 0 aliphatic carbocycles. The maximum atomic E-state index is 13.6. The number of para-hydroxylation sites is 2. The summed E-state index contributed by atoms with van der Waals surface area (Å²) in [5.41, 5.74) is 1.87. The normalized spacial score (nSPS) is 23.5. The van der Waals surface area contributed by atoms with Gasteiger partial charge in [-0.25, -0.2) is 0 Å². The van der Waals surface area contributed by atoms with Gasteiger partial charge in [-0.05, 0) is 30.5 Å². The lowest BCUT2D eigenvalue weighted by Gasteiger charge is -2.40. The topological polar surface area (TPSA) is 62.3 Å². The smallest absolute Gasteiger partial charge is 0.251 e. The van der Waals surface area contributed by atoms with E-state index in [9.17, 15) is 9.59 Å². The summed E-state index contributed by atoms with van der Waals surface area (Å²) in [4.78, 5) is 32.1. The number of fused-ring (bicyclic) bond motifs is 1. The van der Waals surface area contributed by atoms with Crippen LogP contribution in [0.2, 0.25) is 0 Å². The summed E-state index contributed by atoms with van der Waals surface area (Å²) < 4.78 is 11.5. The van der Waals surface area contributed by atoms with E-state index in [1.165, 1.54) is 0 Å². The van der Waals surface area contributed by atoms with E-state index in [0.717, 1.165) is 29.8 Å². The lowest BCUT2D eigenvalue weighted by atomic mass is 10.0. The van der Waals surface area contributed by atoms with Crippen LogP contribution in [-0.2, 0) is 14.3 Å². The van der Waals surface area contributed by atoms with Crippen LogP contribution >= 0.6 is 0 Å². The van der Waals surface area contributed by atoms with E-state index >= 15 is 0 Å². The molecule has 7 nitrogen and oxygen atoms in total. The Morgan fingerprint density at radius 1 is 0.938 bits per heavy atom. The second-order valence-electron chi connectivity index (χ2n) is 8.57. The van der Waals surface area contributed by atoms with Gasteiger partial charge in [0, 0.05) is 32.8 Å². The number of piperazine rings is 1. The molecule has 2 amide bonds. The van der Waals surface area contributed by atoms with Crippen LogP contribution in [0.5, 0.6) is 5.75 Å². The Balaban J connectivity index is 1.27. The Morgan fingerprint density at radius 3 is 2.44 bits per heavy atom. The average molecular weight is 436 g/mol. The van der Waals surface area contributed by atoms with Crippen LogP contribution in [0.3, 0.4) is 0 Å². The summed E-state index contributed by atoms with van der Waals surface area (Å²) in [6.07, 6.45) is 1.49. The van der Waals surface area contributed by atoms with E-state index < -0.39 is 0 Å². The Labute approximate surface area is 188 Å². The molecule has 0 unspecified atom stereocenters. The van der Waals surface area contributed by atoms with Crippen molar-refractivity contribution in [2.24, 2.45) is 0 Å². The Hall–Kier alpha value is -2.90. The van der Waals surface area contributed by atoms with Gasteiger partial charge in [0.25, 0.3) is 5.91 Å². The lowest BCUT2D eigenvalue weighted by molar-refractivity contribution is -0.142. The van der Waals surface area contributed by atoms with Gasteiger partial charge >= 0.3 is 0 Å². The molecule has 0 spiro atoms. The molecule has 2 saturated heterocycles. The first kappa shape index (κ1) is 21.0. The summed E-state index contributed by atoms with van der Waals surface area (Å²) in [6, 6.07) is 17.6. The Bertz CT molecular complexity index is 953. The van der Waals surface area contributed by atoms with Crippen molar-refractivity contribution in [2.75, 3.05) is 50.8 Å². The molecule has 2 fully saturated rings. The van der Waals surface area contributed by atoms with Crippen LogP contribution in [0.1, 0.15) is 24.4 Å². The maximum Gasteiger partial charge on any atom is 0.251 e. The molecule has 168 valence electrons. The molecule has 0 bridgehead atoms. The van der Waals surface area contributed by atoms with E-state index in [-0.39, 0.29) is 24.0 Å². The standard InChI is InChI=1S/C25H29N3O4/c29-24(17-26-12-14-27(15-13-26)25(30)23-11-6-16-31-23)28-20-9-4-5-10-22(20)32-18-21(28)19-7-2-1-3-8-19/h1-5,7-10,21,23H,6,11-18H2/t21-,23-/m1/s1. The fourth-order valence-corrected chi connectivity index (χ4v) is 4.79. The minimum Gasteiger partial charge on any atom is -0.489 e. The fourth-order valence-electron chi connectivity index (χ4n) is 4.79. The number of hydrogen-bond donors (Lipinski definition) is 0. The highest BCUT2D eigenvalue weighted by molar-refractivity contribution is 5.97. The van der Waals surface area contributed by atoms with Crippen LogP contribution < -0.4 is 9.64 Å². The average Bonchev–Trinajstić information content (AvgIpc) is 3.39. The molecule has 0 saturated carbocycles. The summed E-state index contributed by atoms with van der Waals surface area (Å²) >= 11 is 0. The summed E-state index contributed by atoms with van der Waals surface area (Å²) in [5.74, 6) is 0.883. The molecule has 3 aliphatic heterocycles. The minimum atomic E-state index is -0.278. The number of rotatable bonds is 4. The first-order valence-electron chi connectivity index (χ1n) is 11.4. The van der Waals surface area contributed by atoms with Crippen molar-refractivity contribution >= 4 is 17.5 Å². The predicted octanol–water partition coefficient (Wildman–Crippen LogP) is 2.48. The zero-order valence-corrected chi connectivity index (χ0v) is 18.2. The van der Waals surface area contributed by atoms with Gasteiger partial charge in [-0.15, -0.1) is 0 Å². The van der Waals surface area contributed by atoms with Crippen LogP contribution in [-0.4, -0.2) is 73.7 Å². The lowest BCUT2D eigenvalue weighted by Crippen LogP contribution is -2.54. The van der Waals surface area contributed by atoms with Crippen LogP contribution in [0.15, 0.2) is 54.6 Å². The van der Waals surface area contributed by atoms with Gasteiger partial charge in [0.15, 0.2) is 0 Å². The van der Waals surface area contributed by atoms with Crippen molar-refractivity contribution in [3.8, 4) is 5.75 Å². The van der Waals surface area contributed by atoms with Gasteiger partial charge in [-0.3, -0.25) is 19.4 Å². The zero-order valence-electron chi connectivity index (χ0n) is 18.2. The van der Waals surface area contributed by atoms with Crippen molar-refractivity contribution in [3.05, 3.63) is 60.2 Å². The molecular weight excluding hydrogens is 406 g/mol. The Kier molecular flexibility index (Phi) is 6.10. The van der Waals surface area contributed by atoms with Gasteiger partial charge in [0.2, 0.25) is 5.91 Å². The maximum absolute atomic E-state index is 13.6. The predicted molar refractivity (Wildman–Crippen MR) is 121 cm³/mol. The highest BCUT2D eigenvalue weighted by Crippen LogP contribution is 2.39. The first-order chi connectivity index (χ1) is 15.7. The minimum absolute atomic E-state index is 0.0495. The molecule has 3 aliphatic rings. The summed E-state index contributed by atoms with van der Waals surface area (Å²) in [7, 11) is 0. The number of carbonyl (C=O) groups excluding carboxylic acids is 2. The number of hydrogen-bond acceptors (Lipinski definition) is 5. The summed E-state index contributed by atoms with van der Waals surface area (Å²) in [5, 5.41) is 0. The van der Waals surface area contributed by atoms with Crippen LogP contribution in [0.4, 0.5) is 5.69 Å². The van der Waals surface area contributed by atoms with Crippen molar-refractivity contribution in [3.63, 3.8) is 0 Å². The molecule has 5 rings (SSSR count). The van der Waals surface area contributed by atoms with Crippen LogP contribution in [0, 0.1) is 0 Å². The zero-order chi connectivity index (χ0) is 21.9.